The summed E-state index contributed by atoms with van der Waals surface area (Å²) in [6, 6.07) is 6.15. The van der Waals surface area contributed by atoms with Crippen molar-refractivity contribution in [1.82, 2.24) is 0 Å². The highest BCUT2D eigenvalue weighted by Crippen LogP contribution is 2.21. The van der Waals surface area contributed by atoms with Gasteiger partial charge in [0.15, 0.2) is 11.5 Å². The highest BCUT2D eigenvalue weighted by atomic mass is 17.1. The number of aliphatic carboxylic acids is 2. The monoisotopic (exact) mass is 328 g/mol. The van der Waals surface area contributed by atoms with E-state index in [0.717, 1.165) is 31.2 Å². The first kappa shape index (κ1) is 22.0. The lowest BCUT2D eigenvalue weighted by Gasteiger charge is -1.91. The molecule has 0 aliphatic carbocycles. The van der Waals surface area contributed by atoms with E-state index >= 15 is 0 Å². The fourth-order valence-corrected chi connectivity index (χ4v) is 0.740. The molecule has 0 unspecified atom stereocenters. The van der Waals surface area contributed by atoms with Gasteiger partial charge in [0, 0.05) is 19.1 Å². The van der Waals surface area contributed by atoms with Crippen LogP contribution in [0.25, 0.3) is 0 Å². The van der Waals surface area contributed by atoms with E-state index in [1.54, 1.807) is 12.1 Å². The van der Waals surface area contributed by atoms with Gasteiger partial charge in [0.1, 0.15) is 0 Å². The number of phenolic OH excluding ortho intramolecular Hbond substituents is 2. The number of carboxylic acids is 2. The molecule has 0 heterocycles. The number of para-hydroxylation sites is 2. The molecule has 9 heteroatoms. The van der Waals surface area contributed by atoms with E-state index in [9.17, 15) is 14.4 Å². The van der Waals surface area contributed by atoms with Crippen molar-refractivity contribution >= 4 is 17.9 Å². The minimum Gasteiger partial charge on any atom is -0.504 e. The Bertz CT molecular complexity index is 518. The molecule has 0 saturated carbocycles. The minimum atomic E-state index is -1.10. The van der Waals surface area contributed by atoms with Crippen molar-refractivity contribution in [3.8, 4) is 11.5 Å². The second-order valence-electron chi connectivity index (χ2n) is 3.47. The summed E-state index contributed by atoms with van der Waals surface area (Å²) in [6.07, 6.45) is 3.96. The van der Waals surface area contributed by atoms with Crippen molar-refractivity contribution in [1.29, 1.82) is 0 Å². The summed E-state index contributed by atoms with van der Waals surface area (Å²) in [6.45, 7) is 1.11. The molecule has 1 rings (SSSR count). The maximum atomic E-state index is 9.78. The third-order valence-corrected chi connectivity index (χ3v) is 1.60. The molecular formula is C14H16O9. The molecular weight excluding hydrogens is 312 g/mol. The largest absolute Gasteiger partial charge is 0.504 e. The molecule has 0 bridgehead atoms. The normalized spacial score (nSPS) is 9.30. The van der Waals surface area contributed by atoms with Gasteiger partial charge in [-0.1, -0.05) is 24.3 Å². The van der Waals surface area contributed by atoms with Gasteiger partial charge in [0.2, 0.25) is 0 Å². The zero-order chi connectivity index (χ0) is 18.3. The maximum absolute atomic E-state index is 9.78. The highest BCUT2D eigenvalue weighted by Gasteiger charge is 1.90. The lowest BCUT2D eigenvalue weighted by Crippen LogP contribution is -1.89. The molecule has 0 aromatic heterocycles. The summed E-state index contributed by atoms with van der Waals surface area (Å²) < 4.78 is 0. The van der Waals surface area contributed by atoms with Crippen molar-refractivity contribution in [2.75, 3.05) is 0 Å². The number of hydrogen-bond donors (Lipinski definition) is 5. The second kappa shape index (κ2) is 13.6. The summed E-state index contributed by atoms with van der Waals surface area (Å²) in [4.78, 5) is 32.0. The molecule has 23 heavy (non-hydrogen) atoms. The predicted octanol–water partition coefficient (Wildman–Crippen LogP) is 1.39. The standard InChI is InChI=1S/C6H6O4.C6H6O2.C2H4O3/c7-5(8)3-1-2-4-6(9)10;7-5-3-1-2-4-6(5)8;1-2(3)5-4/h1-4H,(H,7,8)(H,9,10);1-4,7-8H;4H,1H3/b3-1-,4-2-;;. The lowest BCUT2D eigenvalue weighted by atomic mass is 10.3. The average molecular weight is 328 g/mol. The number of carbonyl (C=O) groups excluding carboxylic acids is 1. The van der Waals surface area contributed by atoms with Crippen molar-refractivity contribution in [2.45, 2.75) is 6.92 Å². The molecule has 0 saturated heterocycles. The Kier molecular flexibility index (Phi) is 13.0. The number of rotatable bonds is 3. The van der Waals surface area contributed by atoms with Gasteiger partial charge in [0.25, 0.3) is 0 Å². The number of allylic oxidation sites excluding steroid dienone is 2. The van der Waals surface area contributed by atoms with Crippen molar-refractivity contribution in [2.24, 2.45) is 0 Å². The molecule has 0 amide bonds. The molecule has 0 aliphatic heterocycles. The molecule has 0 radical (unpaired) electrons. The molecule has 1 aromatic rings. The fourth-order valence-electron chi connectivity index (χ4n) is 0.740. The van der Waals surface area contributed by atoms with E-state index in [4.69, 9.17) is 25.7 Å². The SMILES string of the molecule is CC(=O)OO.O=C(O)/C=C\C=C/C(=O)O.Oc1ccccc1O. The predicted molar refractivity (Wildman–Crippen MR) is 77.7 cm³/mol. The van der Waals surface area contributed by atoms with E-state index in [0.29, 0.717) is 0 Å². The van der Waals surface area contributed by atoms with Crippen LogP contribution in [0.4, 0.5) is 0 Å². The smallest absolute Gasteiger partial charge is 0.339 e. The van der Waals surface area contributed by atoms with Crippen LogP contribution in [0.15, 0.2) is 48.6 Å². The van der Waals surface area contributed by atoms with Gasteiger partial charge in [-0.3, -0.25) is 0 Å². The maximum Gasteiger partial charge on any atom is 0.339 e. The van der Waals surface area contributed by atoms with E-state index in [1.807, 2.05) is 0 Å². The van der Waals surface area contributed by atoms with Crippen LogP contribution in [-0.4, -0.2) is 43.6 Å². The van der Waals surface area contributed by atoms with Crippen LogP contribution in [0, 0.1) is 0 Å². The summed E-state index contributed by atoms with van der Waals surface area (Å²) in [5, 5.41) is 40.7. The van der Waals surface area contributed by atoms with Crippen LogP contribution < -0.4 is 0 Å². The number of benzene rings is 1. The molecule has 0 aliphatic rings. The zero-order valence-corrected chi connectivity index (χ0v) is 12.0. The van der Waals surface area contributed by atoms with E-state index < -0.39 is 17.9 Å². The first-order chi connectivity index (χ1) is 10.7. The van der Waals surface area contributed by atoms with Crippen LogP contribution in [0.3, 0.4) is 0 Å². The average Bonchev–Trinajstić information content (AvgIpc) is 2.48. The highest BCUT2D eigenvalue weighted by molar-refractivity contribution is 5.82. The number of phenols is 2. The Morgan fingerprint density at radius 3 is 1.39 bits per heavy atom. The molecule has 0 fully saturated rings. The lowest BCUT2D eigenvalue weighted by molar-refractivity contribution is -0.231. The molecule has 0 spiro atoms. The van der Waals surface area contributed by atoms with Crippen molar-refractivity contribution in [3.05, 3.63) is 48.6 Å². The van der Waals surface area contributed by atoms with Crippen LogP contribution in [0.2, 0.25) is 0 Å². The Balaban J connectivity index is 0. The molecule has 126 valence electrons. The van der Waals surface area contributed by atoms with Crippen LogP contribution in [-0.2, 0) is 19.3 Å². The Hall–Kier alpha value is -3.33. The van der Waals surface area contributed by atoms with Crippen LogP contribution in [0.5, 0.6) is 11.5 Å². The Morgan fingerprint density at radius 1 is 0.913 bits per heavy atom. The van der Waals surface area contributed by atoms with Crippen LogP contribution >= 0.6 is 0 Å². The van der Waals surface area contributed by atoms with Gasteiger partial charge < -0.3 is 25.3 Å². The van der Waals surface area contributed by atoms with Crippen molar-refractivity contribution < 1.29 is 45.0 Å². The first-order valence-corrected chi connectivity index (χ1v) is 5.80. The van der Waals surface area contributed by atoms with E-state index in [-0.39, 0.29) is 11.5 Å². The second-order valence-corrected chi connectivity index (χ2v) is 3.47. The van der Waals surface area contributed by atoms with Crippen molar-refractivity contribution in [3.63, 3.8) is 0 Å². The van der Waals surface area contributed by atoms with Gasteiger partial charge in [-0.2, -0.15) is 5.26 Å². The Labute approximate surface area is 130 Å². The number of carboxylic acid groups (broad SMARTS) is 2. The third kappa shape index (κ3) is 18.7. The molecule has 9 nitrogen and oxygen atoms in total. The summed E-state index contributed by atoms with van der Waals surface area (Å²) in [7, 11) is 0. The van der Waals surface area contributed by atoms with Gasteiger partial charge >= 0.3 is 17.9 Å². The van der Waals surface area contributed by atoms with Gasteiger partial charge in [-0.15, -0.1) is 0 Å². The quantitative estimate of drug-likeness (QED) is 0.181. The minimum absolute atomic E-state index is 0.0764. The molecule has 0 atom stereocenters. The van der Waals surface area contributed by atoms with Gasteiger partial charge in [-0.05, 0) is 12.1 Å². The van der Waals surface area contributed by atoms with Gasteiger partial charge in [-0.25, -0.2) is 14.4 Å². The first-order valence-electron chi connectivity index (χ1n) is 5.80. The Morgan fingerprint density at radius 2 is 1.22 bits per heavy atom. The summed E-state index contributed by atoms with van der Waals surface area (Å²) in [5.41, 5.74) is 0. The van der Waals surface area contributed by atoms with Crippen LogP contribution in [0.1, 0.15) is 6.92 Å². The number of hydrogen-bond acceptors (Lipinski definition) is 7. The molecule has 1 aromatic carbocycles. The van der Waals surface area contributed by atoms with E-state index in [1.165, 1.54) is 12.1 Å². The van der Waals surface area contributed by atoms with E-state index in [2.05, 4.69) is 4.89 Å². The summed E-state index contributed by atoms with van der Waals surface area (Å²) >= 11 is 0. The summed E-state index contributed by atoms with van der Waals surface area (Å²) in [5.74, 6) is -3.05. The fraction of sp³-hybridized carbons (Fsp3) is 0.0714. The van der Waals surface area contributed by atoms with Gasteiger partial charge in [0.05, 0.1) is 0 Å². The third-order valence-electron chi connectivity index (χ3n) is 1.60. The molecule has 5 N–H and O–H groups in total. The zero-order valence-electron chi connectivity index (χ0n) is 12.0. The number of aromatic hydroxyl groups is 2. The topological polar surface area (TPSA) is 162 Å². The number of carbonyl (C=O) groups is 3.